The number of hydrogen-bond donors (Lipinski definition) is 1. The van der Waals surface area contributed by atoms with Crippen molar-refractivity contribution in [2.24, 2.45) is 5.92 Å². The first kappa shape index (κ1) is 15.8. The number of hydrogen-bond acceptors (Lipinski definition) is 3. The first-order valence-corrected chi connectivity index (χ1v) is 9.03. The molecule has 3 aliphatic rings. The summed E-state index contributed by atoms with van der Waals surface area (Å²) in [6.45, 7) is 4.96. The summed E-state index contributed by atoms with van der Waals surface area (Å²) < 4.78 is 0. The quantitative estimate of drug-likeness (QED) is 0.857. The first-order chi connectivity index (χ1) is 10.7. The Balaban J connectivity index is 1.46. The summed E-state index contributed by atoms with van der Waals surface area (Å²) in [6.07, 6.45) is 9.18. The fourth-order valence-corrected chi connectivity index (χ4v) is 4.13. The Morgan fingerprint density at radius 1 is 1.00 bits per heavy atom. The van der Waals surface area contributed by atoms with Crippen LogP contribution in [0.3, 0.4) is 0 Å². The van der Waals surface area contributed by atoms with E-state index in [1.165, 1.54) is 38.6 Å². The van der Waals surface area contributed by atoms with E-state index in [9.17, 15) is 9.59 Å². The molecular formula is C17H29N3O2. The Morgan fingerprint density at radius 3 is 2.55 bits per heavy atom. The SMILES string of the molecule is O=C1CCC(C(=O)N2CCCN(CC3CCCCC3)CC2)N1. The normalized spacial score (nSPS) is 28.5. The van der Waals surface area contributed by atoms with Crippen molar-refractivity contribution in [3.63, 3.8) is 0 Å². The second-order valence-corrected chi connectivity index (χ2v) is 7.14. The van der Waals surface area contributed by atoms with Gasteiger partial charge in [-0.2, -0.15) is 0 Å². The molecule has 124 valence electrons. The van der Waals surface area contributed by atoms with E-state index in [2.05, 4.69) is 10.2 Å². The van der Waals surface area contributed by atoms with Crippen molar-refractivity contribution < 1.29 is 9.59 Å². The van der Waals surface area contributed by atoms with E-state index >= 15 is 0 Å². The highest BCUT2D eigenvalue weighted by Crippen LogP contribution is 2.24. The molecule has 5 nitrogen and oxygen atoms in total. The van der Waals surface area contributed by atoms with Crippen molar-refractivity contribution >= 4 is 11.8 Å². The van der Waals surface area contributed by atoms with E-state index < -0.39 is 0 Å². The lowest BCUT2D eigenvalue weighted by molar-refractivity contribution is -0.134. The number of carbonyl (C=O) groups is 2. The minimum Gasteiger partial charge on any atom is -0.344 e. The number of nitrogens with zero attached hydrogens (tertiary/aromatic N) is 2. The van der Waals surface area contributed by atoms with Gasteiger partial charge in [0.25, 0.3) is 0 Å². The molecule has 1 unspecified atom stereocenters. The number of nitrogens with one attached hydrogen (secondary N) is 1. The maximum atomic E-state index is 12.5. The van der Waals surface area contributed by atoms with Crippen LogP contribution in [0.2, 0.25) is 0 Å². The summed E-state index contributed by atoms with van der Waals surface area (Å²) in [5.41, 5.74) is 0. The summed E-state index contributed by atoms with van der Waals surface area (Å²) in [6, 6.07) is -0.266. The predicted octanol–water partition coefficient (Wildman–Crippen LogP) is 1.38. The second-order valence-electron chi connectivity index (χ2n) is 7.14. The van der Waals surface area contributed by atoms with Gasteiger partial charge in [0.05, 0.1) is 0 Å². The van der Waals surface area contributed by atoms with E-state index in [4.69, 9.17) is 0 Å². The number of rotatable bonds is 3. The van der Waals surface area contributed by atoms with Gasteiger partial charge < -0.3 is 15.1 Å². The fourth-order valence-electron chi connectivity index (χ4n) is 4.13. The van der Waals surface area contributed by atoms with Crippen LogP contribution in [0, 0.1) is 5.92 Å². The third kappa shape index (κ3) is 4.00. The smallest absolute Gasteiger partial charge is 0.245 e. The molecule has 1 saturated carbocycles. The van der Waals surface area contributed by atoms with Gasteiger partial charge in [-0.1, -0.05) is 19.3 Å². The molecule has 0 radical (unpaired) electrons. The van der Waals surface area contributed by atoms with Crippen LogP contribution in [-0.2, 0) is 9.59 Å². The largest absolute Gasteiger partial charge is 0.344 e. The highest BCUT2D eigenvalue weighted by Gasteiger charge is 2.31. The van der Waals surface area contributed by atoms with Crippen LogP contribution in [-0.4, -0.2) is 60.4 Å². The molecule has 22 heavy (non-hydrogen) atoms. The van der Waals surface area contributed by atoms with E-state index in [1.54, 1.807) is 0 Å². The molecule has 0 aromatic heterocycles. The van der Waals surface area contributed by atoms with Crippen LogP contribution >= 0.6 is 0 Å². The fraction of sp³-hybridized carbons (Fsp3) is 0.882. The maximum Gasteiger partial charge on any atom is 0.245 e. The second kappa shape index (κ2) is 7.44. The van der Waals surface area contributed by atoms with Gasteiger partial charge in [0.2, 0.25) is 11.8 Å². The summed E-state index contributed by atoms with van der Waals surface area (Å²) in [5, 5.41) is 2.80. The van der Waals surface area contributed by atoms with Crippen molar-refractivity contribution in [3.8, 4) is 0 Å². The molecule has 0 bridgehead atoms. The van der Waals surface area contributed by atoms with Gasteiger partial charge in [-0.3, -0.25) is 9.59 Å². The van der Waals surface area contributed by atoms with E-state index in [1.807, 2.05) is 4.90 Å². The predicted molar refractivity (Wildman–Crippen MR) is 85.4 cm³/mol. The number of carbonyl (C=O) groups excluding carboxylic acids is 2. The molecule has 2 amide bonds. The van der Waals surface area contributed by atoms with Crippen LogP contribution in [0.1, 0.15) is 51.4 Å². The van der Waals surface area contributed by atoms with E-state index in [0.29, 0.717) is 12.8 Å². The van der Waals surface area contributed by atoms with Gasteiger partial charge in [-0.05, 0) is 38.1 Å². The van der Waals surface area contributed by atoms with Gasteiger partial charge >= 0.3 is 0 Å². The minimum absolute atomic E-state index is 0.0205. The van der Waals surface area contributed by atoms with Crippen molar-refractivity contribution in [2.45, 2.75) is 57.4 Å². The summed E-state index contributed by atoms with van der Waals surface area (Å²) in [7, 11) is 0. The van der Waals surface area contributed by atoms with Crippen molar-refractivity contribution in [1.82, 2.24) is 15.1 Å². The molecule has 2 saturated heterocycles. The standard InChI is InChI=1S/C17H29N3O2/c21-16-8-7-15(18-16)17(22)20-10-4-9-19(11-12-20)13-14-5-2-1-3-6-14/h14-15H,1-13H2,(H,18,21). The summed E-state index contributed by atoms with van der Waals surface area (Å²) >= 11 is 0. The van der Waals surface area contributed by atoms with Crippen LogP contribution in [0.25, 0.3) is 0 Å². The van der Waals surface area contributed by atoms with Gasteiger partial charge in [-0.25, -0.2) is 0 Å². The Hall–Kier alpha value is -1.10. The van der Waals surface area contributed by atoms with Gasteiger partial charge in [0.15, 0.2) is 0 Å². The zero-order valence-electron chi connectivity index (χ0n) is 13.6. The third-order valence-corrected chi connectivity index (χ3v) is 5.43. The highest BCUT2D eigenvalue weighted by molar-refractivity contribution is 5.90. The lowest BCUT2D eigenvalue weighted by atomic mass is 9.89. The summed E-state index contributed by atoms with van der Waals surface area (Å²) in [5.74, 6) is 1.02. The first-order valence-electron chi connectivity index (χ1n) is 9.03. The average Bonchev–Trinajstić information content (AvgIpc) is 2.83. The minimum atomic E-state index is -0.266. The zero-order chi connectivity index (χ0) is 15.4. The molecule has 2 heterocycles. The number of amides is 2. The Bertz CT molecular complexity index is 407. The molecule has 1 atom stereocenters. The molecule has 1 aliphatic carbocycles. The molecule has 3 rings (SSSR count). The van der Waals surface area contributed by atoms with Gasteiger partial charge in [0.1, 0.15) is 6.04 Å². The molecule has 0 spiro atoms. The molecule has 0 aromatic rings. The van der Waals surface area contributed by atoms with Gasteiger partial charge in [-0.15, -0.1) is 0 Å². The summed E-state index contributed by atoms with van der Waals surface area (Å²) in [4.78, 5) is 28.3. The monoisotopic (exact) mass is 307 g/mol. The zero-order valence-corrected chi connectivity index (χ0v) is 13.6. The van der Waals surface area contributed by atoms with E-state index in [-0.39, 0.29) is 17.9 Å². The third-order valence-electron chi connectivity index (χ3n) is 5.43. The maximum absolute atomic E-state index is 12.5. The lowest BCUT2D eigenvalue weighted by Crippen LogP contribution is -2.46. The molecule has 3 fully saturated rings. The molecule has 1 N–H and O–H groups in total. The Kier molecular flexibility index (Phi) is 5.34. The van der Waals surface area contributed by atoms with Crippen molar-refractivity contribution in [2.75, 3.05) is 32.7 Å². The van der Waals surface area contributed by atoms with Crippen LogP contribution in [0.4, 0.5) is 0 Å². The lowest BCUT2D eigenvalue weighted by Gasteiger charge is -2.29. The Morgan fingerprint density at radius 2 is 1.82 bits per heavy atom. The van der Waals surface area contributed by atoms with Gasteiger partial charge in [0, 0.05) is 32.6 Å². The topological polar surface area (TPSA) is 52.7 Å². The van der Waals surface area contributed by atoms with Crippen LogP contribution in [0.15, 0.2) is 0 Å². The van der Waals surface area contributed by atoms with Crippen LogP contribution in [0.5, 0.6) is 0 Å². The van der Waals surface area contributed by atoms with E-state index in [0.717, 1.165) is 38.5 Å². The Labute approximate surface area is 133 Å². The highest BCUT2D eigenvalue weighted by atomic mass is 16.2. The van der Waals surface area contributed by atoms with Crippen molar-refractivity contribution in [1.29, 1.82) is 0 Å². The molecular weight excluding hydrogens is 278 g/mol. The average molecular weight is 307 g/mol. The van der Waals surface area contributed by atoms with Crippen molar-refractivity contribution in [3.05, 3.63) is 0 Å². The molecule has 0 aromatic carbocycles. The molecule has 5 heteroatoms. The molecule has 2 aliphatic heterocycles. The van der Waals surface area contributed by atoms with Crippen LogP contribution < -0.4 is 5.32 Å².